The van der Waals surface area contributed by atoms with Crippen LogP contribution in [0.4, 0.5) is 0 Å². The third kappa shape index (κ3) is 10.9. The lowest BCUT2D eigenvalue weighted by Gasteiger charge is -2.16. The topological polar surface area (TPSA) is 43.4 Å². The molecule has 0 saturated heterocycles. The second-order valence-electron chi connectivity index (χ2n) is 6.38. The van der Waals surface area contributed by atoms with Crippen molar-refractivity contribution in [3.8, 4) is 0 Å². The zero-order valence-corrected chi connectivity index (χ0v) is 14.6. The van der Waals surface area contributed by atoms with Crippen LogP contribution in [0.3, 0.4) is 0 Å². The molecule has 3 heteroatoms. The summed E-state index contributed by atoms with van der Waals surface area (Å²) in [5, 5.41) is 0. The Morgan fingerprint density at radius 2 is 1.78 bits per heavy atom. The van der Waals surface area contributed by atoms with Crippen LogP contribution in [0, 0.1) is 0 Å². The summed E-state index contributed by atoms with van der Waals surface area (Å²) in [6.45, 7) is 2.24. The van der Waals surface area contributed by atoms with Crippen molar-refractivity contribution in [2.24, 2.45) is 0 Å². The van der Waals surface area contributed by atoms with Gasteiger partial charge in [0.1, 0.15) is 6.10 Å². The van der Waals surface area contributed by atoms with Gasteiger partial charge in [-0.1, -0.05) is 70.4 Å². The maximum absolute atomic E-state index is 11.7. The van der Waals surface area contributed by atoms with Crippen molar-refractivity contribution in [3.05, 3.63) is 24.3 Å². The average Bonchev–Trinajstić information content (AvgIpc) is 2.53. The number of rotatable bonds is 13. The van der Waals surface area contributed by atoms with Gasteiger partial charge in [0, 0.05) is 25.3 Å². The van der Waals surface area contributed by atoms with E-state index in [0.717, 1.165) is 19.3 Å². The van der Waals surface area contributed by atoms with Crippen molar-refractivity contribution in [1.82, 2.24) is 0 Å². The number of ether oxygens (including phenoxy) is 1. The first-order valence-electron chi connectivity index (χ1n) is 9.29. The van der Waals surface area contributed by atoms with Gasteiger partial charge in [0.25, 0.3) is 0 Å². The number of ketones is 1. The molecule has 0 radical (unpaired) electrons. The minimum atomic E-state index is -0.282. The van der Waals surface area contributed by atoms with E-state index in [0.29, 0.717) is 12.8 Å². The van der Waals surface area contributed by atoms with Gasteiger partial charge in [0.05, 0.1) is 0 Å². The molecule has 0 bridgehead atoms. The summed E-state index contributed by atoms with van der Waals surface area (Å²) < 4.78 is 5.14. The van der Waals surface area contributed by atoms with E-state index in [1.807, 2.05) is 12.2 Å². The van der Waals surface area contributed by atoms with E-state index < -0.39 is 0 Å². The van der Waals surface area contributed by atoms with E-state index in [-0.39, 0.29) is 17.9 Å². The number of carbonyl (C=O) groups excluding carboxylic acids is 2. The quantitative estimate of drug-likeness (QED) is 0.263. The second kappa shape index (κ2) is 13.1. The van der Waals surface area contributed by atoms with Gasteiger partial charge in [-0.3, -0.25) is 4.79 Å². The fraction of sp³-hybridized carbons (Fsp3) is 0.700. The molecule has 0 aromatic carbocycles. The first kappa shape index (κ1) is 19.7. The Morgan fingerprint density at radius 3 is 2.43 bits per heavy atom. The van der Waals surface area contributed by atoms with E-state index in [2.05, 4.69) is 6.92 Å². The molecule has 1 aliphatic heterocycles. The van der Waals surface area contributed by atoms with Crippen LogP contribution < -0.4 is 0 Å². The largest absolute Gasteiger partial charge is 0.459 e. The van der Waals surface area contributed by atoms with Crippen molar-refractivity contribution < 1.29 is 14.3 Å². The number of cyclic esters (lactones) is 1. The molecule has 1 heterocycles. The Kier molecular flexibility index (Phi) is 11.2. The number of unbranched alkanes of at least 4 members (excludes halogenated alkanes) is 8. The molecule has 0 amide bonds. The number of hydrogen-bond acceptors (Lipinski definition) is 3. The molecule has 0 fully saturated rings. The predicted octanol–water partition coefficient (Wildman–Crippen LogP) is 5.29. The van der Waals surface area contributed by atoms with Crippen LogP contribution in [0.2, 0.25) is 0 Å². The lowest BCUT2D eigenvalue weighted by atomic mass is 10.0. The highest BCUT2D eigenvalue weighted by Crippen LogP contribution is 2.13. The molecule has 130 valence electrons. The lowest BCUT2D eigenvalue weighted by molar-refractivity contribution is -0.143. The van der Waals surface area contributed by atoms with Crippen molar-refractivity contribution in [2.75, 3.05) is 0 Å². The van der Waals surface area contributed by atoms with Crippen molar-refractivity contribution in [1.29, 1.82) is 0 Å². The molecule has 3 nitrogen and oxygen atoms in total. The first-order valence-corrected chi connectivity index (χ1v) is 9.29. The summed E-state index contributed by atoms with van der Waals surface area (Å²) in [7, 11) is 0. The lowest BCUT2D eigenvalue weighted by Crippen LogP contribution is -2.18. The smallest absolute Gasteiger partial charge is 0.330 e. The molecule has 0 N–H and O–H groups in total. The SMILES string of the molecule is CCCCCCCCCCCC(=O)/C=C/C[C@H]1CC=CC(=O)O1. The Hall–Kier alpha value is -1.38. The number of carbonyl (C=O) groups is 2. The molecule has 0 aromatic heterocycles. The van der Waals surface area contributed by atoms with Gasteiger partial charge in [0.2, 0.25) is 0 Å². The molecule has 0 saturated carbocycles. The highest BCUT2D eigenvalue weighted by molar-refractivity contribution is 5.89. The molecule has 0 aliphatic carbocycles. The summed E-state index contributed by atoms with van der Waals surface area (Å²) in [6, 6.07) is 0. The Bertz CT molecular complexity index is 396. The van der Waals surface area contributed by atoms with Gasteiger partial charge in [-0.2, -0.15) is 0 Å². The van der Waals surface area contributed by atoms with Crippen LogP contribution in [0.15, 0.2) is 24.3 Å². The highest BCUT2D eigenvalue weighted by Gasteiger charge is 2.13. The average molecular weight is 320 g/mol. The van der Waals surface area contributed by atoms with Gasteiger partial charge < -0.3 is 4.74 Å². The van der Waals surface area contributed by atoms with E-state index >= 15 is 0 Å². The molecule has 1 rings (SSSR count). The van der Waals surface area contributed by atoms with Crippen molar-refractivity contribution in [2.45, 2.75) is 90.1 Å². The summed E-state index contributed by atoms with van der Waals surface area (Å²) in [5.74, 6) is -0.0960. The van der Waals surface area contributed by atoms with Gasteiger partial charge in [-0.25, -0.2) is 4.79 Å². The van der Waals surface area contributed by atoms with Gasteiger partial charge in [-0.05, 0) is 12.5 Å². The summed E-state index contributed by atoms with van der Waals surface area (Å²) >= 11 is 0. The summed E-state index contributed by atoms with van der Waals surface area (Å²) in [6.07, 6.45) is 20.1. The molecule has 1 aliphatic rings. The molecule has 1 atom stereocenters. The van der Waals surface area contributed by atoms with Crippen LogP contribution in [-0.2, 0) is 14.3 Å². The van der Waals surface area contributed by atoms with Gasteiger partial charge in [-0.15, -0.1) is 0 Å². The standard InChI is InChI=1S/C20H32O3/c1-2-3-4-5-6-7-8-9-10-13-18(21)14-11-15-19-16-12-17-20(22)23-19/h11-12,14,17,19H,2-10,13,15-16H2,1H3/b14-11+/t19-/m0/s1. The Morgan fingerprint density at radius 1 is 1.13 bits per heavy atom. The zero-order chi connectivity index (χ0) is 16.8. The van der Waals surface area contributed by atoms with Crippen LogP contribution in [0.25, 0.3) is 0 Å². The Balaban J connectivity index is 1.94. The highest BCUT2D eigenvalue weighted by atomic mass is 16.5. The fourth-order valence-electron chi connectivity index (χ4n) is 2.76. The fourth-order valence-corrected chi connectivity index (χ4v) is 2.76. The van der Waals surface area contributed by atoms with E-state index in [1.54, 1.807) is 6.08 Å². The summed E-state index contributed by atoms with van der Waals surface area (Å²) in [4.78, 5) is 22.8. The van der Waals surface area contributed by atoms with Crippen molar-refractivity contribution >= 4 is 11.8 Å². The monoisotopic (exact) mass is 320 g/mol. The first-order chi connectivity index (χ1) is 11.2. The third-order valence-corrected chi connectivity index (χ3v) is 4.17. The second-order valence-corrected chi connectivity index (χ2v) is 6.38. The minimum Gasteiger partial charge on any atom is -0.459 e. The number of allylic oxidation sites excluding steroid dienone is 1. The Labute approximate surface area is 141 Å². The molecule has 0 unspecified atom stereocenters. The van der Waals surface area contributed by atoms with Crippen LogP contribution in [0.5, 0.6) is 0 Å². The molecule has 0 aromatic rings. The summed E-state index contributed by atoms with van der Waals surface area (Å²) in [5.41, 5.74) is 0. The van der Waals surface area contributed by atoms with Gasteiger partial charge in [0.15, 0.2) is 5.78 Å². The van der Waals surface area contributed by atoms with Gasteiger partial charge >= 0.3 is 5.97 Å². The molecular formula is C20H32O3. The van der Waals surface area contributed by atoms with Crippen LogP contribution in [0.1, 0.15) is 84.0 Å². The third-order valence-electron chi connectivity index (χ3n) is 4.17. The number of hydrogen-bond donors (Lipinski definition) is 0. The maximum atomic E-state index is 11.7. The van der Waals surface area contributed by atoms with Crippen LogP contribution in [-0.4, -0.2) is 17.9 Å². The van der Waals surface area contributed by atoms with E-state index in [9.17, 15) is 9.59 Å². The van der Waals surface area contributed by atoms with Crippen molar-refractivity contribution in [3.63, 3.8) is 0 Å². The predicted molar refractivity (Wildman–Crippen MR) is 94.2 cm³/mol. The normalized spacial score (nSPS) is 17.6. The maximum Gasteiger partial charge on any atom is 0.330 e. The minimum absolute atomic E-state index is 0.107. The number of esters is 1. The van der Waals surface area contributed by atoms with Crippen LogP contribution >= 0.6 is 0 Å². The molecule has 0 spiro atoms. The molecular weight excluding hydrogens is 288 g/mol. The zero-order valence-electron chi connectivity index (χ0n) is 14.6. The molecule has 23 heavy (non-hydrogen) atoms. The van der Waals surface area contributed by atoms with E-state index in [4.69, 9.17) is 4.74 Å². The van der Waals surface area contributed by atoms with E-state index in [1.165, 1.54) is 51.0 Å².